The third-order valence-corrected chi connectivity index (χ3v) is 4.81. The Labute approximate surface area is 124 Å². The van der Waals surface area contributed by atoms with E-state index in [9.17, 15) is 0 Å². The Balaban J connectivity index is 2.12. The second-order valence-electron chi connectivity index (χ2n) is 5.18. The highest BCUT2D eigenvalue weighted by Gasteiger charge is 2.27. The van der Waals surface area contributed by atoms with E-state index in [1.807, 2.05) is 11.7 Å². The molecule has 1 aromatic heterocycles. The van der Waals surface area contributed by atoms with Crippen LogP contribution >= 0.6 is 15.9 Å². The van der Waals surface area contributed by atoms with Gasteiger partial charge in [-0.05, 0) is 41.7 Å². The van der Waals surface area contributed by atoms with Crippen LogP contribution in [0.1, 0.15) is 31.7 Å². The van der Waals surface area contributed by atoms with E-state index in [0.717, 1.165) is 44.7 Å². The number of rotatable bonds is 5. The van der Waals surface area contributed by atoms with Crippen molar-refractivity contribution in [2.75, 3.05) is 19.8 Å². The molecule has 1 fully saturated rings. The van der Waals surface area contributed by atoms with Crippen LogP contribution in [0, 0.1) is 5.92 Å². The largest absolute Gasteiger partial charge is 0.381 e. The van der Waals surface area contributed by atoms with Gasteiger partial charge in [0.05, 0.1) is 22.5 Å². The third kappa shape index (κ3) is 3.38. The van der Waals surface area contributed by atoms with Gasteiger partial charge < -0.3 is 10.1 Å². The Morgan fingerprint density at radius 2 is 2.26 bits per heavy atom. The van der Waals surface area contributed by atoms with Crippen LogP contribution in [-0.4, -0.2) is 35.6 Å². The van der Waals surface area contributed by atoms with Gasteiger partial charge in [-0.2, -0.15) is 5.10 Å². The molecule has 2 heterocycles. The first kappa shape index (κ1) is 15.0. The molecule has 0 saturated carbocycles. The van der Waals surface area contributed by atoms with Crippen LogP contribution < -0.4 is 5.32 Å². The molecular weight excluding hydrogens is 306 g/mol. The quantitative estimate of drug-likeness (QED) is 0.900. The average molecular weight is 330 g/mol. The minimum atomic E-state index is 0.533. The average Bonchev–Trinajstić information content (AvgIpc) is 2.68. The van der Waals surface area contributed by atoms with E-state index in [2.05, 4.69) is 40.2 Å². The monoisotopic (exact) mass is 329 g/mol. The van der Waals surface area contributed by atoms with E-state index in [1.54, 1.807) is 0 Å². The summed E-state index contributed by atoms with van der Waals surface area (Å²) >= 11 is 3.70. The van der Waals surface area contributed by atoms with Crippen molar-refractivity contribution >= 4 is 15.9 Å². The summed E-state index contributed by atoms with van der Waals surface area (Å²) in [5.74, 6) is 0.533. The van der Waals surface area contributed by atoms with E-state index < -0.39 is 0 Å². The van der Waals surface area contributed by atoms with Crippen LogP contribution in [-0.2, 0) is 24.6 Å². The van der Waals surface area contributed by atoms with Gasteiger partial charge in [-0.1, -0.05) is 13.8 Å². The van der Waals surface area contributed by atoms with Crippen molar-refractivity contribution in [3.8, 4) is 0 Å². The minimum absolute atomic E-state index is 0.533. The van der Waals surface area contributed by atoms with Gasteiger partial charge in [0.15, 0.2) is 0 Å². The molecular formula is C14H24BrN3O. The number of aromatic nitrogens is 2. The summed E-state index contributed by atoms with van der Waals surface area (Å²) in [7, 11) is 2.03. The van der Waals surface area contributed by atoms with Crippen LogP contribution in [0.5, 0.6) is 0 Å². The smallest absolute Gasteiger partial charge is 0.0766 e. The molecule has 0 amide bonds. The highest BCUT2D eigenvalue weighted by Crippen LogP contribution is 2.27. The van der Waals surface area contributed by atoms with Crippen molar-refractivity contribution in [1.29, 1.82) is 0 Å². The van der Waals surface area contributed by atoms with Crippen molar-refractivity contribution in [3.05, 3.63) is 15.9 Å². The van der Waals surface area contributed by atoms with Crippen LogP contribution in [0.25, 0.3) is 0 Å². The van der Waals surface area contributed by atoms with Crippen molar-refractivity contribution in [1.82, 2.24) is 15.1 Å². The molecule has 0 spiro atoms. The zero-order valence-electron chi connectivity index (χ0n) is 12.1. The lowest BCUT2D eigenvalue weighted by Gasteiger charge is -2.32. The molecule has 2 atom stereocenters. The van der Waals surface area contributed by atoms with Crippen LogP contribution in [0.3, 0.4) is 0 Å². The fourth-order valence-corrected chi connectivity index (χ4v) is 3.60. The summed E-state index contributed by atoms with van der Waals surface area (Å²) in [5.41, 5.74) is 2.43. The predicted octanol–water partition coefficient (Wildman–Crippen LogP) is 2.30. The molecule has 0 aliphatic carbocycles. The van der Waals surface area contributed by atoms with Crippen LogP contribution in [0.2, 0.25) is 0 Å². The molecule has 19 heavy (non-hydrogen) atoms. The summed E-state index contributed by atoms with van der Waals surface area (Å²) in [6.45, 7) is 7.05. The molecule has 2 unspecified atom stereocenters. The Morgan fingerprint density at radius 1 is 1.47 bits per heavy atom. The first-order valence-electron chi connectivity index (χ1n) is 7.18. The van der Waals surface area contributed by atoms with Gasteiger partial charge in [0, 0.05) is 25.6 Å². The molecule has 1 N–H and O–H groups in total. The maximum atomic E-state index is 5.66. The molecule has 0 bridgehead atoms. The van der Waals surface area contributed by atoms with E-state index in [4.69, 9.17) is 4.74 Å². The number of ether oxygens (including phenoxy) is 1. The Morgan fingerprint density at radius 3 is 2.89 bits per heavy atom. The van der Waals surface area contributed by atoms with Gasteiger partial charge in [0.2, 0.25) is 0 Å². The van der Waals surface area contributed by atoms with Crippen molar-refractivity contribution in [2.45, 2.75) is 39.2 Å². The van der Waals surface area contributed by atoms with E-state index in [0.29, 0.717) is 12.0 Å². The molecule has 108 valence electrons. The molecule has 2 rings (SSSR count). The summed E-state index contributed by atoms with van der Waals surface area (Å²) in [6, 6.07) is 0.561. The summed E-state index contributed by atoms with van der Waals surface area (Å²) < 4.78 is 8.85. The fraction of sp³-hybridized carbons (Fsp3) is 0.786. The molecule has 1 aromatic rings. The van der Waals surface area contributed by atoms with Gasteiger partial charge in [-0.25, -0.2) is 0 Å². The lowest BCUT2D eigenvalue weighted by Crippen LogP contribution is -2.43. The van der Waals surface area contributed by atoms with Crippen LogP contribution in [0.15, 0.2) is 4.47 Å². The molecule has 0 aromatic carbocycles. The Kier molecular flexibility index (Phi) is 5.42. The standard InChI is InChI=1S/C14H24BrN3O/c1-4-11-14(15)13(18(3)17-11)8-10-9-19-7-6-12(10)16-5-2/h10,12,16H,4-9H2,1-3H3. The van der Waals surface area contributed by atoms with Crippen molar-refractivity contribution in [3.63, 3.8) is 0 Å². The van der Waals surface area contributed by atoms with Crippen molar-refractivity contribution < 1.29 is 4.74 Å². The summed E-state index contributed by atoms with van der Waals surface area (Å²) in [4.78, 5) is 0. The Bertz CT molecular complexity index is 417. The number of hydrogen-bond acceptors (Lipinski definition) is 3. The van der Waals surface area contributed by atoms with Gasteiger partial charge in [-0.15, -0.1) is 0 Å². The highest BCUT2D eigenvalue weighted by molar-refractivity contribution is 9.10. The maximum Gasteiger partial charge on any atom is 0.0766 e. The third-order valence-electron chi connectivity index (χ3n) is 3.90. The SMILES string of the molecule is CCNC1CCOCC1Cc1c(Br)c(CC)nn1C. The Hall–Kier alpha value is -0.390. The summed E-state index contributed by atoms with van der Waals surface area (Å²) in [6.07, 6.45) is 3.09. The van der Waals surface area contributed by atoms with Gasteiger partial charge in [0.25, 0.3) is 0 Å². The van der Waals surface area contributed by atoms with E-state index >= 15 is 0 Å². The number of aryl methyl sites for hydroxylation is 2. The maximum absolute atomic E-state index is 5.66. The second kappa shape index (κ2) is 6.86. The minimum Gasteiger partial charge on any atom is -0.381 e. The van der Waals surface area contributed by atoms with Crippen molar-refractivity contribution in [2.24, 2.45) is 13.0 Å². The molecule has 1 aliphatic rings. The first-order chi connectivity index (χ1) is 9.17. The molecule has 1 saturated heterocycles. The lowest BCUT2D eigenvalue weighted by atomic mass is 9.91. The number of hydrogen-bond donors (Lipinski definition) is 1. The lowest BCUT2D eigenvalue weighted by molar-refractivity contribution is 0.0319. The van der Waals surface area contributed by atoms with Gasteiger partial charge in [0.1, 0.15) is 0 Å². The zero-order valence-corrected chi connectivity index (χ0v) is 13.7. The van der Waals surface area contributed by atoms with Gasteiger partial charge in [-0.3, -0.25) is 4.68 Å². The first-order valence-corrected chi connectivity index (χ1v) is 7.98. The number of nitrogens with zero attached hydrogens (tertiary/aromatic N) is 2. The number of halogens is 1. The fourth-order valence-electron chi connectivity index (χ4n) is 2.82. The predicted molar refractivity (Wildman–Crippen MR) is 80.4 cm³/mol. The van der Waals surface area contributed by atoms with Crippen LogP contribution in [0.4, 0.5) is 0 Å². The van der Waals surface area contributed by atoms with Gasteiger partial charge >= 0.3 is 0 Å². The molecule has 5 heteroatoms. The number of nitrogens with one attached hydrogen (secondary N) is 1. The molecule has 4 nitrogen and oxygen atoms in total. The highest BCUT2D eigenvalue weighted by atomic mass is 79.9. The zero-order chi connectivity index (χ0) is 13.8. The topological polar surface area (TPSA) is 39.1 Å². The van der Waals surface area contributed by atoms with E-state index in [-0.39, 0.29) is 0 Å². The summed E-state index contributed by atoms with van der Waals surface area (Å²) in [5, 5.41) is 8.16. The normalized spacial score (nSPS) is 23.8. The van der Waals surface area contributed by atoms with E-state index in [1.165, 1.54) is 10.2 Å². The second-order valence-corrected chi connectivity index (χ2v) is 5.97. The molecule has 1 aliphatic heterocycles. The molecule has 0 radical (unpaired) electrons.